The maximum atomic E-state index is 11.6. The molecule has 0 spiro atoms. The lowest BCUT2D eigenvalue weighted by atomic mass is 10.1. The molecule has 1 rings (SSSR count). The van der Waals surface area contributed by atoms with E-state index < -0.39 is 0 Å². The third-order valence-electron chi connectivity index (χ3n) is 2.61. The lowest BCUT2D eigenvalue weighted by molar-refractivity contribution is -0.125. The van der Waals surface area contributed by atoms with Crippen LogP contribution in [0.1, 0.15) is 44.8 Å². The van der Waals surface area contributed by atoms with Crippen molar-refractivity contribution in [2.75, 3.05) is 0 Å². The van der Waals surface area contributed by atoms with Gasteiger partial charge in [0.2, 0.25) is 5.91 Å². The highest BCUT2D eigenvalue weighted by Crippen LogP contribution is 2.16. The standard InChI is InChI=1S/C12H19NO2/c1-5-8(2)12(14)13-10(4)11-7-6-9(3)15-11/h6-8,10H,5H2,1-4H3,(H,13,14). The fraction of sp³-hybridized carbons (Fsp3) is 0.583. The number of hydrogen-bond acceptors (Lipinski definition) is 2. The van der Waals surface area contributed by atoms with Crippen molar-refractivity contribution < 1.29 is 9.21 Å². The zero-order chi connectivity index (χ0) is 11.4. The maximum Gasteiger partial charge on any atom is 0.223 e. The van der Waals surface area contributed by atoms with Crippen molar-refractivity contribution in [2.45, 2.75) is 40.2 Å². The van der Waals surface area contributed by atoms with Crippen LogP contribution in [-0.2, 0) is 4.79 Å². The summed E-state index contributed by atoms with van der Waals surface area (Å²) in [6.45, 7) is 7.76. The first-order chi connectivity index (χ1) is 7.04. The van der Waals surface area contributed by atoms with E-state index in [0.717, 1.165) is 17.9 Å². The molecule has 0 saturated heterocycles. The van der Waals surface area contributed by atoms with Crippen molar-refractivity contribution in [3.63, 3.8) is 0 Å². The van der Waals surface area contributed by atoms with Gasteiger partial charge in [0.05, 0.1) is 6.04 Å². The predicted octanol–water partition coefficient (Wildman–Crippen LogP) is 2.81. The second-order valence-electron chi connectivity index (χ2n) is 3.99. The molecule has 0 fully saturated rings. The Morgan fingerprint density at radius 1 is 1.47 bits per heavy atom. The fourth-order valence-corrected chi connectivity index (χ4v) is 1.30. The number of hydrogen-bond donors (Lipinski definition) is 1. The molecule has 0 aliphatic heterocycles. The fourth-order valence-electron chi connectivity index (χ4n) is 1.30. The average molecular weight is 209 g/mol. The Morgan fingerprint density at radius 3 is 2.60 bits per heavy atom. The Morgan fingerprint density at radius 2 is 2.13 bits per heavy atom. The lowest BCUT2D eigenvalue weighted by Crippen LogP contribution is -2.31. The molecule has 15 heavy (non-hydrogen) atoms. The van der Waals surface area contributed by atoms with Gasteiger partial charge in [-0.25, -0.2) is 0 Å². The molecule has 1 aromatic heterocycles. The van der Waals surface area contributed by atoms with Gasteiger partial charge in [-0.3, -0.25) is 4.79 Å². The third-order valence-corrected chi connectivity index (χ3v) is 2.61. The first kappa shape index (κ1) is 11.8. The summed E-state index contributed by atoms with van der Waals surface area (Å²) in [6.07, 6.45) is 0.857. The summed E-state index contributed by atoms with van der Waals surface area (Å²) in [5.41, 5.74) is 0. The highest BCUT2D eigenvalue weighted by Gasteiger charge is 2.16. The molecule has 0 saturated carbocycles. The van der Waals surface area contributed by atoms with Crippen molar-refractivity contribution in [3.05, 3.63) is 23.7 Å². The van der Waals surface area contributed by atoms with Crippen LogP contribution in [0.4, 0.5) is 0 Å². The zero-order valence-electron chi connectivity index (χ0n) is 9.83. The van der Waals surface area contributed by atoms with Gasteiger partial charge in [0.25, 0.3) is 0 Å². The van der Waals surface area contributed by atoms with Crippen LogP contribution < -0.4 is 5.32 Å². The molecule has 2 atom stereocenters. The molecular formula is C12H19NO2. The first-order valence-electron chi connectivity index (χ1n) is 5.41. The van der Waals surface area contributed by atoms with Crippen molar-refractivity contribution in [1.82, 2.24) is 5.32 Å². The minimum Gasteiger partial charge on any atom is -0.464 e. The lowest BCUT2D eigenvalue weighted by Gasteiger charge is -2.14. The monoisotopic (exact) mass is 209 g/mol. The van der Waals surface area contributed by atoms with Crippen LogP contribution in [0.25, 0.3) is 0 Å². The molecule has 84 valence electrons. The van der Waals surface area contributed by atoms with Gasteiger partial charge in [0.1, 0.15) is 11.5 Å². The highest BCUT2D eigenvalue weighted by molar-refractivity contribution is 5.78. The van der Waals surface area contributed by atoms with Crippen LogP contribution in [0.5, 0.6) is 0 Å². The van der Waals surface area contributed by atoms with Gasteiger partial charge in [-0.15, -0.1) is 0 Å². The summed E-state index contributed by atoms with van der Waals surface area (Å²) in [7, 11) is 0. The first-order valence-corrected chi connectivity index (χ1v) is 5.41. The summed E-state index contributed by atoms with van der Waals surface area (Å²) < 4.78 is 5.44. The normalized spacial score (nSPS) is 14.7. The summed E-state index contributed by atoms with van der Waals surface area (Å²) in [5, 5.41) is 2.93. The molecule has 1 heterocycles. The van der Waals surface area contributed by atoms with Gasteiger partial charge in [-0.2, -0.15) is 0 Å². The number of rotatable bonds is 4. The van der Waals surface area contributed by atoms with Crippen molar-refractivity contribution in [3.8, 4) is 0 Å². The van der Waals surface area contributed by atoms with Gasteiger partial charge >= 0.3 is 0 Å². The summed E-state index contributed by atoms with van der Waals surface area (Å²) in [4.78, 5) is 11.6. The van der Waals surface area contributed by atoms with E-state index in [9.17, 15) is 4.79 Å². The summed E-state index contributed by atoms with van der Waals surface area (Å²) >= 11 is 0. The second-order valence-corrected chi connectivity index (χ2v) is 3.99. The minimum absolute atomic E-state index is 0.0554. The van der Waals surface area contributed by atoms with Gasteiger partial charge in [-0.1, -0.05) is 13.8 Å². The Balaban J connectivity index is 2.56. The van der Waals surface area contributed by atoms with E-state index in [1.807, 2.05) is 39.8 Å². The molecule has 3 nitrogen and oxygen atoms in total. The largest absolute Gasteiger partial charge is 0.464 e. The zero-order valence-corrected chi connectivity index (χ0v) is 9.83. The predicted molar refractivity (Wildman–Crippen MR) is 59.5 cm³/mol. The Hall–Kier alpha value is -1.25. The van der Waals surface area contributed by atoms with Crippen LogP contribution in [0.3, 0.4) is 0 Å². The molecular weight excluding hydrogens is 190 g/mol. The number of carbonyl (C=O) groups excluding carboxylic acids is 1. The molecule has 1 amide bonds. The van der Waals surface area contributed by atoms with E-state index in [1.165, 1.54) is 0 Å². The second kappa shape index (κ2) is 5.01. The van der Waals surface area contributed by atoms with Crippen LogP contribution in [0.2, 0.25) is 0 Å². The molecule has 1 N–H and O–H groups in total. The summed E-state index contributed by atoms with van der Waals surface area (Å²) in [6, 6.07) is 3.75. The van der Waals surface area contributed by atoms with Crippen molar-refractivity contribution in [2.24, 2.45) is 5.92 Å². The minimum atomic E-state index is -0.0554. The molecule has 0 aliphatic carbocycles. The third kappa shape index (κ3) is 3.11. The topological polar surface area (TPSA) is 42.2 Å². The molecule has 0 aromatic carbocycles. The Labute approximate surface area is 90.9 Å². The summed E-state index contributed by atoms with van der Waals surface area (Å²) in [5.74, 6) is 1.82. The number of furan rings is 1. The van der Waals surface area contributed by atoms with Crippen LogP contribution >= 0.6 is 0 Å². The molecule has 3 heteroatoms. The van der Waals surface area contributed by atoms with Crippen molar-refractivity contribution >= 4 is 5.91 Å². The molecule has 0 aliphatic rings. The molecule has 1 aromatic rings. The maximum absolute atomic E-state index is 11.6. The van der Waals surface area contributed by atoms with Crippen LogP contribution in [0, 0.1) is 12.8 Å². The van der Waals surface area contributed by atoms with E-state index >= 15 is 0 Å². The molecule has 2 unspecified atom stereocenters. The van der Waals surface area contributed by atoms with Gasteiger partial charge in [0, 0.05) is 5.92 Å². The molecule has 0 bridgehead atoms. The Kier molecular flexibility index (Phi) is 3.95. The van der Waals surface area contributed by atoms with E-state index in [2.05, 4.69) is 5.32 Å². The number of carbonyl (C=O) groups is 1. The van der Waals surface area contributed by atoms with E-state index in [1.54, 1.807) is 0 Å². The van der Waals surface area contributed by atoms with E-state index in [4.69, 9.17) is 4.42 Å². The quantitative estimate of drug-likeness (QED) is 0.828. The van der Waals surface area contributed by atoms with Gasteiger partial charge in [-0.05, 0) is 32.4 Å². The highest BCUT2D eigenvalue weighted by atomic mass is 16.3. The Bertz CT molecular complexity index is 330. The van der Waals surface area contributed by atoms with Crippen LogP contribution in [0.15, 0.2) is 16.5 Å². The van der Waals surface area contributed by atoms with E-state index in [-0.39, 0.29) is 17.9 Å². The van der Waals surface area contributed by atoms with Crippen molar-refractivity contribution in [1.29, 1.82) is 0 Å². The average Bonchev–Trinajstić information content (AvgIpc) is 2.63. The van der Waals surface area contributed by atoms with Gasteiger partial charge < -0.3 is 9.73 Å². The smallest absolute Gasteiger partial charge is 0.223 e. The molecule has 0 radical (unpaired) electrons. The number of nitrogens with one attached hydrogen (secondary N) is 1. The number of aryl methyl sites for hydroxylation is 1. The van der Waals surface area contributed by atoms with Crippen LogP contribution in [-0.4, -0.2) is 5.91 Å². The van der Waals surface area contributed by atoms with Gasteiger partial charge in [0.15, 0.2) is 0 Å². The number of amides is 1. The SMILES string of the molecule is CCC(C)C(=O)NC(C)c1ccc(C)o1. The van der Waals surface area contributed by atoms with E-state index in [0.29, 0.717) is 0 Å².